The van der Waals surface area contributed by atoms with Crippen molar-refractivity contribution in [3.05, 3.63) is 58.9 Å². The van der Waals surface area contributed by atoms with Gasteiger partial charge in [-0.1, -0.05) is 0 Å². The van der Waals surface area contributed by atoms with Crippen molar-refractivity contribution >= 4 is 27.5 Å². The molecule has 1 aromatic carbocycles. The van der Waals surface area contributed by atoms with Crippen LogP contribution in [-0.4, -0.2) is 21.0 Å². The van der Waals surface area contributed by atoms with Crippen LogP contribution in [0.25, 0.3) is 10.2 Å². The van der Waals surface area contributed by atoms with Gasteiger partial charge in [0.05, 0.1) is 20.8 Å². The van der Waals surface area contributed by atoms with Crippen LogP contribution >= 0.6 is 11.3 Å². The first kappa shape index (κ1) is 11.8. The topological polar surface area (TPSA) is 63.1 Å². The number of fused-ring (bicyclic) bond motifs is 1. The van der Waals surface area contributed by atoms with Gasteiger partial charge in [-0.05, 0) is 35.9 Å². The summed E-state index contributed by atoms with van der Waals surface area (Å²) in [7, 11) is 0. The molecular weight excluding hydrogens is 260 g/mol. The van der Waals surface area contributed by atoms with Crippen LogP contribution < -0.4 is 0 Å². The van der Waals surface area contributed by atoms with Crippen molar-refractivity contribution in [1.82, 2.24) is 9.97 Å². The van der Waals surface area contributed by atoms with E-state index in [1.807, 2.05) is 12.1 Å². The van der Waals surface area contributed by atoms with Crippen LogP contribution in [0.4, 0.5) is 0 Å². The van der Waals surface area contributed by atoms with E-state index in [2.05, 4.69) is 9.97 Å². The smallest absolute Gasteiger partial charge is 0.335 e. The van der Waals surface area contributed by atoms with Gasteiger partial charge in [-0.25, -0.2) is 9.78 Å². The molecule has 2 heterocycles. The van der Waals surface area contributed by atoms with Gasteiger partial charge in [0.2, 0.25) is 0 Å². The summed E-state index contributed by atoms with van der Waals surface area (Å²) in [6, 6.07) is 8.92. The summed E-state index contributed by atoms with van der Waals surface area (Å²) in [6.07, 6.45) is 4.25. The van der Waals surface area contributed by atoms with E-state index < -0.39 is 5.97 Å². The van der Waals surface area contributed by atoms with Gasteiger partial charge in [-0.3, -0.25) is 4.98 Å². The number of benzene rings is 1. The predicted molar refractivity (Wildman–Crippen MR) is 73.6 cm³/mol. The van der Waals surface area contributed by atoms with E-state index in [1.54, 1.807) is 30.6 Å². The first-order chi connectivity index (χ1) is 9.22. The molecule has 4 nitrogen and oxygen atoms in total. The normalized spacial score (nSPS) is 10.7. The molecule has 0 unspecified atom stereocenters. The van der Waals surface area contributed by atoms with E-state index in [0.717, 1.165) is 27.2 Å². The largest absolute Gasteiger partial charge is 0.478 e. The van der Waals surface area contributed by atoms with Gasteiger partial charge in [0, 0.05) is 18.8 Å². The second-order valence-corrected chi connectivity index (χ2v) is 5.24. The SMILES string of the molecule is O=C(O)c1ccc2nc(Cc3ccncc3)sc2c1. The molecule has 0 saturated carbocycles. The Kier molecular flexibility index (Phi) is 2.97. The molecule has 0 aliphatic carbocycles. The van der Waals surface area contributed by atoms with E-state index in [1.165, 1.54) is 11.3 Å². The van der Waals surface area contributed by atoms with E-state index in [9.17, 15) is 4.79 Å². The lowest BCUT2D eigenvalue weighted by Crippen LogP contribution is -1.94. The Bertz CT molecular complexity index is 738. The summed E-state index contributed by atoms with van der Waals surface area (Å²) >= 11 is 1.53. The summed E-state index contributed by atoms with van der Waals surface area (Å²) < 4.78 is 0.906. The minimum absolute atomic E-state index is 0.298. The number of carboxylic acids is 1. The highest BCUT2D eigenvalue weighted by molar-refractivity contribution is 7.18. The van der Waals surface area contributed by atoms with Crippen LogP contribution in [0.2, 0.25) is 0 Å². The van der Waals surface area contributed by atoms with Crippen molar-refractivity contribution in [2.24, 2.45) is 0 Å². The molecule has 5 heteroatoms. The summed E-state index contributed by atoms with van der Waals surface area (Å²) in [6.45, 7) is 0. The Morgan fingerprint density at radius 3 is 2.74 bits per heavy atom. The number of hydrogen-bond donors (Lipinski definition) is 1. The van der Waals surface area contributed by atoms with Crippen molar-refractivity contribution in [2.75, 3.05) is 0 Å². The van der Waals surface area contributed by atoms with Crippen LogP contribution in [0.3, 0.4) is 0 Å². The molecule has 0 atom stereocenters. The maximum absolute atomic E-state index is 10.9. The molecular formula is C14H10N2O2S. The lowest BCUT2D eigenvalue weighted by Gasteiger charge is -1.94. The molecule has 0 aliphatic heterocycles. The van der Waals surface area contributed by atoms with E-state index in [-0.39, 0.29) is 0 Å². The Hall–Kier alpha value is -2.27. The van der Waals surface area contributed by atoms with E-state index in [0.29, 0.717) is 5.56 Å². The Morgan fingerprint density at radius 1 is 1.21 bits per heavy atom. The maximum atomic E-state index is 10.9. The Labute approximate surface area is 113 Å². The molecule has 0 amide bonds. The Morgan fingerprint density at radius 2 is 2.00 bits per heavy atom. The zero-order valence-electron chi connectivity index (χ0n) is 9.91. The van der Waals surface area contributed by atoms with E-state index in [4.69, 9.17) is 5.11 Å². The number of rotatable bonds is 3. The first-order valence-corrected chi connectivity index (χ1v) is 6.56. The van der Waals surface area contributed by atoms with Crippen molar-refractivity contribution in [3.8, 4) is 0 Å². The van der Waals surface area contributed by atoms with Crippen molar-refractivity contribution in [2.45, 2.75) is 6.42 Å². The molecule has 94 valence electrons. The second kappa shape index (κ2) is 4.78. The highest BCUT2D eigenvalue weighted by Gasteiger charge is 2.08. The second-order valence-electron chi connectivity index (χ2n) is 4.13. The van der Waals surface area contributed by atoms with Gasteiger partial charge in [-0.15, -0.1) is 11.3 Å². The molecule has 0 spiro atoms. The fourth-order valence-electron chi connectivity index (χ4n) is 1.86. The maximum Gasteiger partial charge on any atom is 0.335 e. The molecule has 0 fully saturated rings. The van der Waals surface area contributed by atoms with Crippen LogP contribution in [0.5, 0.6) is 0 Å². The monoisotopic (exact) mass is 270 g/mol. The quantitative estimate of drug-likeness (QED) is 0.794. The third kappa shape index (κ3) is 2.46. The minimum Gasteiger partial charge on any atom is -0.478 e. The number of aromatic carboxylic acids is 1. The number of carbonyl (C=O) groups is 1. The molecule has 0 aliphatic rings. The first-order valence-electron chi connectivity index (χ1n) is 5.74. The van der Waals surface area contributed by atoms with Crippen LogP contribution in [-0.2, 0) is 6.42 Å². The number of aromatic nitrogens is 2. The summed E-state index contributed by atoms with van der Waals surface area (Å²) in [5.74, 6) is -0.911. The number of nitrogens with zero attached hydrogens (tertiary/aromatic N) is 2. The van der Waals surface area contributed by atoms with Gasteiger partial charge < -0.3 is 5.11 Å². The minimum atomic E-state index is -0.911. The van der Waals surface area contributed by atoms with Gasteiger partial charge >= 0.3 is 5.97 Å². The molecule has 19 heavy (non-hydrogen) atoms. The molecule has 0 saturated heterocycles. The summed E-state index contributed by atoms with van der Waals surface area (Å²) in [4.78, 5) is 19.4. The van der Waals surface area contributed by atoms with Crippen LogP contribution in [0.15, 0.2) is 42.7 Å². The summed E-state index contributed by atoms with van der Waals surface area (Å²) in [5, 5.41) is 9.94. The average Bonchev–Trinajstić information content (AvgIpc) is 2.80. The average molecular weight is 270 g/mol. The van der Waals surface area contributed by atoms with E-state index >= 15 is 0 Å². The third-order valence-corrected chi connectivity index (χ3v) is 3.80. The van der Waals surface area contributed by atoms with Gasteiger partial charge in [0.25, 0.3) is 0 Å². The molecule has 3 aromatic rings. The standard InChI is InChI=1S/C14H10N2O2S/c17-14(18)10-1-2-11-12(8-10)19-13(16-11)7-9-3-5-15-6-4-9/h1-6,8H,7H2,(H,17,18). The third-order valence-electron chi connectivity index (χ3n) is 2.78. The number of carboxylic acid groups (broad SMARTS) is 1. The number of hydrogen-bond acceptors (Lipinski definition) is 4. The van der Waals surface area contributed by atoms with Gasteiger partial charge in [0.1, 0.15) is 0 Å². The molecule has 2 aromatic heterocycles. The molecule has 1 N–H and O–H groups in total. The van der Waals surface area contributed by atoms with Crippen LogP contribution in [0, 0.1) is 0 Å². The van der Waals surface area contributed by atoms with Crippen LogP contribution in [0.1, 0.15) is 20.9 Å². The fraction of sp³-hybridized carbons (Fsp3) is 0.0714. The summed E-state index contributed by atoms with van der Waals surface area (Å²) in [5.41, 5.74) is 2.29. The Balaban J connectivity index is 1.95. The van der Waals surface area contributed by atoms with Crippen molar-refractivity contribution in [1.29, 1.82) is 0 Å². The predicted octanol–water partition coefficient (Wildman–Crippen LogP) is 2.98. The molecule has 0 radical (unpaired) electrons. The number of thiazole rings is 1. The fourth-order valence-corrected chi connectivity index (χ4v) is 2.90. The van der Waals surface area contributed by atoms with Crippen molar-refractivity contribution in [3.63, 3.8) is 0 Å². The lowest BCUT2D eigenvalue weighted by atomic mass is 10.2. The van der Waals surface area contributed by atoms with Crippen molar-refractivity contribution < 1.29 is 9.90 Å². The highest BCUT2D eigenvalue weighted by Crippen LogP contribution is 2.25. The highest BCUT2D eigenvalue weighted by atomic mass is 32.1. The zero-order valence-corrected chi connectivity index (χ0v) is 10.7. The van der Waals surface area contributed by atoms with Gasteiger partial charge in [0.15, 0.2) is 0 Å². The lowest BCUT2D eigenvalue weighted by molar-refractivity contribution is 0.0697. The molecule has 0 bridgehead atoms. The zero-order chi connectivity index (χ0) is 13.2. The molecule has 3 rings (SSSR count). The van der Waals surface area contributed by atoms with Gasteiger partial charge in [-0.2, -0.15) is 0 Å². The number of pyridine rings is 1.